The molecule has 0 aliphatic carbocycles. The van der Waals surface area contributed by atoms with E-state index in [0.717, 1.165) is 0 Å². The van der Waals surface area contributed by atoms with Gasteiger partial charge in [0.15, 0.2) is 6.61 Å². The molecule has 1 aromatic heterocycles. The van der Waals surface area contributed by atoms with Crippen molar-refractivity contribution >= 4 is 28.5 Å². The van der Waals surface area contributed by atoms with Crippen molar-refractivity contribution in [3.05, 3.63) is 53.8 Å². The first-order chi connectivity index (χ1) is 14.4. The van der Waals surface area contributed by atoms with Gasteiger partial charge in [-0.3, -0.25) is 4.79 Å². The Hall–Kier alpha value is -3.62. The van der Waals surface area contributed by atoms with E-state index in [1.807, 2.05) is 6.92 Å². The number of ether oxygens (including phenoxy) is 3. The van der Waals surface area contributed by atoms with Crippen LogP contribution in [-0.2, 0) is 9.53 Å². The molecule has 30 heavy (non-hydrogen) atoms. The summed E-state index contributed by atoms with van der Waals surface area (Å²) in [6.07, 6.45) is 0. The lowest BCUT2D eigenvalue weighted by Crippen LogP contribution is -2.21. The van der Waals surface area contributed by atoms with Crippen LogP contribution in [0.3, 0.4) is 0 Å². The Kier molecular flexibility index (Phi) is 6.51. The number of aryl methyl sites for hydroxylation is 1. The van der Waals surface area contributed by atoms with Crippen molar-refractivity contribution in [2.75, 3.05) is 18.5 Å². The summed E-state index contributed by atoms with van der Waals surface area (Å²) < 4.78 is 44.5. The van der Waals surface area contributed by atoms with E-state index in [4.69, 9.17) is 13.9 Å². The van der Waals surface area contributed by atoms with Gasteiger partial charge in [0.1, 0.15) is 17.1 Å². The predicted octanol–water partition coefficient (Wildman–Crippen LogP) is 4.54. The van der Waals surface area contributed by atoms with Gasteiger partial charge in [0.25, 0.3) is 5.91 Å². The topological polar surface area (TPSA) is 87.0 Å². The number of fused-ring (bicyclic) bond motifs is 1. The highest BCUT2D eigenvalue weighted by Gasteiger charge is 2.20. The van der Waals surface area contributed by atoms with E-state index in [9.17, 15) is 18.4 Å². The Balaban J connectivity index is 1.59. The van der Waals surface area contributed by atoms with Gasteiger partial charge in [0.05, 0.1) is 6.61 Å². The average molecular weight is 419 g/mol. The molecule has 0 saturated heterocycles. The van der Waals surface area contributed by atoms with Gasteiger partial charge in [-0.05, 0) is 56.3 Å². The normalized spacial score (nSPS) is 10.8. The highest BCUT2D eigenvalue weighted by Crippen LogP contribution is 2.29. The Morgan fingerprint density at radius 3 is 2.47 bits per heavy atom. The number of carbonyl (C=O) groups excluding carboxylic acids is 2. The highest BCUT2D eigenvalue weighted by molar-refractivity contribution is 5.98. The van der Waals surface area contributed by atoms with Gasteiger partial charge in [0, 0.05) is 16.6 Å². The standard InChI is InChI=1S/C21H19F2NO6/c1-3-27-15-8-9-17-16(10-15)12(2)19(30-17)20(26)28-11-18(25)24-13-4-6-14(7-5-13)29-21(22)23/h4-10,21H,3,11H2,1-2H3,(H,24,25). The minimum atomic E-state index is -2.93. The van der Waals surface area contributed by atoms with Crippen LogP contribution in [0.4, 0.5) is 14.5 Å². The molecule has 1 N–H and O–H groups in total. The molecule has 2 aromatic carbocycles. The van der Waals surface area contributed by atoms with Gasteiger partial charge in [-0.25, -0.2) is 4.79 Å². The van der Waals surface area contributed by atoms with Crippen molar-refractivity contribution in [2.45, 2.75) is 20.5 Å². The van der Waals surface area contributed by atoms with Crippen molar-refractivity contribution in [3.63, 3.8) is 0 Å². The summed E-state index contributed by atoms with van der Waals surface area (Å²) in [5, 5.41) is 3.20. The SMILES string of the molecule is CCOc1ccc2oc(C(=O)OCC(=O)Nc3ccc(OC(F)F)cc3)c(C)c2c1. The van der Waals surface area contributed by atoms with E-state index in [1.165, 1.54) is 24.3 Å². The lowest BCUT2D eigenvalue weighted by atomic mass is 10.1. The fourth-order valence-electron chi connectivity index (χ4n) is 2.76. The summed E-state index contributed by atoms with van der Waals surface area (Å²) in [4.78, 5) is 24.3. The number of esters is 1. The minimum Gasteiger partial charge on any atom is -0.494 e. The van der Waals surface area contributed by atoms with Crippen LogP contribution in [0.1, 0.15) is 23.0 Å². The first-order valence-electron chi connectivity index (χ1n) is 9.05. The molecule has 0 unspecified atom stereocenters. The highest BCUT2D eigenvalue weighted by atomic mass is 19.3. The summed E-state index contributed by atoms with van der Waals surface area (Å²) in [7, 11) is 0. The van der Waals surface area contributed by atoms with E-state index in [0.29, 0.717) is 34.6 Å². The van der Waals surface area contributed by atoms with Crippen molar-refractivity contribution in [2.24, 2.45) is 0 Å². The molecule has 0 spiro atoms. The van der Waals surface area contributed by atoms with Crippen LogP contribution >= 0.6 is 0 Å². The van der Waals surface area contributed by atoms with Crippen LogP contribution in [0.5, 0.6) is 11.5 Å². The molecule has 0 saturated carbocycles. The molecule has 3 rings (SSSR count). The van der Waals surface area contributed by atoms with Gasteiger partial charge >= 0.3 is 12.6 Å². The van der Waals surface area contributed by atoms with Crippen molar-refractivity contribution < 1.29 is 37.0 Å². The van der Waals surface area contributed by atoms with E-state index in [1.54, 1.807) is 25.1 Å². The molecule has 7 nitrogen and oxygen atoms in total. The Labute approximate surface area is 170 Å². The van der Waals surface area contributed by atoms with Gasteiger partial charge in [-0.15, -0.1) is 0 Å². The molecule has 0 atom stereocenters. The zero-order valence-corrected chi connectivity index (χ0v) is 16.2. The molecule has 0 aliphatic heterocycles. The smallest absolute Gasteiger partial charge is 0.387 e. The molecule has 0 radical (unpaired) electrons. The van der Waals surface area contributed by atoms with E-state index < -0.39 is 25.1 Å². The number of furan rings is 1. The Morgan fingerprint density at radius 1 is 1.10 bits per heavy atom. The maximum absolute atomic E-state index is 12.3. The van der Waals surface area contributed by atoms with Gasteiger partial charge in [-0.1, -0.05) is 0 Å². The third-order valence-electron chi connectivity index (χ3n) is 4.10. The van der Waals surface area contributed by atoms with Crippen LogP contribution in [0, 0.1) is 6.92 Å². The maximum atomic E-state index is 12.3. The monoisotopic (exact) mass is 419 g/mol. The maximum Gasteiger partial charge on any atom is 0.387 e. The van der Waals surface area contributed by atoms with Gasteiger partial charge in [0.2, 0.25) is 5.76 Å². The first kappa shape index (κ1) is 21.1. The molecule has 0 aliphatic rings. The van der Waals surface area contributed by atoms with Crippen LogP contribution in [0.15, 0.2) is 46.9 Å². The van der Waals surface area contributed by atoms with Gasteiger partial charge in [-0.2, -0.15) is 8.78 Å². The molecular weight excluding hydrogens is 400 g/mol. The number of nitrogens with one attached hydrogen (secondary N) is 1. The summed E-state index contributed by atoms with van der Waals surface area (Å²) in [5.74, 6) is -0.767. The summed E-state index contributed by atoms with van der Waals surface area (Å²) in [5.41, 5.74) is 1.41. The molecule has 0 bridgehead atoms. The summed E-state index contributed by atoms with van der Waals surface area (Å²) in [6, 6.07) is 10.5. The number of hydrogen-bond donors (Lipinski definition) is 1. The molecule has 1 amide bonds. The van der Waals surface area contributed by atoms with Crippen LogP contribution < -0.4 is 14.8 Å². The molecular formula is C21H19F2NO6. The number of benzene rings is 2. The van der Waals surface area contributed by atoms with Crippen LogP contribution in [0.2, 0.25) is 0 Å². The van der Waals surface area contributed by atoms with E-state index in [-0.39, 0.29) is 11.5 Å². The van der Waals surface area contributed by atoms with E-state index in [2.05, 4.69) is 10.1 Å². The Morgan fingerprint density at radius 2 is 1.80 bits per heavy atom. The third kappa shape index (κ3) is 5.05. The van der Waals surface area contributed by atoms with Gasteiger partial charge < -0.3 is 23.9 Å². The molecule has 0 fully saturated rings. The largest absolute Gasteiger partial charge is 0.494 e. The summed E-state index contributed by atoms with van der Waals surface area (Å²) >= 11 is 0. The lowest BCUT2D eigenvalue weighted by Gasteiger charge is -2.08. The van der Waals surface area contributed by atoms with Crippen LogP contribution in [0.25, 0.3) is 11.0 Å². The second-order valence-corrected chi connectivity index (χ2v) is 6.17. The number of alkyl halides is 2. The Bertz CT molecular complexity index is 1050. The summed E-state index contributed by atoms with van der Waals surface area (Å²) in [6.45, 7) is 0.605. The fraction of sp³-hybridized carbons (Fsp3) is 0.238. The van der Waals surface area contributed by atoms with Crippen molar-refractivity contribution in [1.82, 2.24) is 0 Å². The molecule has 3 aromatic rings. The second kappa shape index (κ2) is 9.25. The van der Waals surface area contributed by atoms with Crippen LogP contribution in [-0.4, -0.2) is 31.7 Å². The zero-order chi connectivity index (χ0) is 21.7. The number of rotatable bonds is 8. The number of anilines is 1. The second-order valence-electron chi connectivity index (χ2n) is 6.17. The quantitative estimate of drug-likeness (QED) is 0.540. The van der Waals surface area contributed by atoms with Crippen molar-refractivity contribution in [1.29, 1.82) is 0 Å². The predicted molar refractivity (Wildman–Crippen MR) is 104 cm³/mol. The third-order valence-corrected chi connectivity index (χ3v) is 4.10. The average Bonchev–Trinajstić information content (AvgIpc) is 3.04. The number of carbonyl (C=O) groups is 2. The lowest BCUT2D eigenvalue weighted by molar-refractivity contribution is -0.119. The fourth-order valence-corrected chi connectivity index (χ4v) is 2.76. The minimum absolute atomic E-state index is 0.0000470. The zero-order valence-electron chi connectivity index (χ0n) is 16.2. The first-order valence-corrected chi connectivity index (χ1v) is 9.05. The number of halogens is 2. The van der Waals surface area contributed by atoms with Crippen molar-refractivity contribution in [3.8, 4) is 11.5 Å². The molecule has 158 valence electrons. The number of hydrogen-bond acceptors (Lipinski definition) is 6. The molecule has 9 heteroatoms. The molecule has 1 heterocycles. The number of amides is 1. The van der Waals surface area contributed by atoms with E-state index >= 15 is 0 Å².